The van der Waals surface area contributed by atoms with Crippen LogP contribution in [0.15, 0.2) is 30.3 Å². The zero-order valence-electron chi connectivity index (χ0n) is 33.0. The molecule has 0 spiro atoms. The third kappa shape index (κ3) is 11.6. The summed E-state index contributed by atoms with van der Waals surface area (Å²) in [6, 6.07) is 9.71. The zero-order chi connectivity index (χ0) is 37.7. The van der Waals surface area contributed by atoms with E-state index in [1.165, 1.54) is 5.56 Å². The molecule has 0 saturated carbocycles. The van der Waals surface area contributed by atoms with Crippen molar-refractivity contribution in [2.24, 2.45) is 29.6 Å². The van der Waals surface area contributed by atoms with Gasteiger partial charge in [-0.05, 0) is 42.6 Å². The van der Waals surface area contributed by atoms with Gasteiger partial charge < -0.3 is 28.9 Å². The molecule has 2 heterocycles. The minimum atomic E-state index is -0.547. The van der Waals surface area contributed by atoms with Gasteiger partial charge in [-0.3, -0.25) is 19.2 Å². The molecule has 1 aromatic rings. The molecule has 0 aliphatic carbocycles. The Balaban J connectivity index is 1.73. The van der Waals surface area contributed by atoms with Gasteiger partial charge in [-0.1, -0.05) is 84.7 Å². The average molecular weight is 714 g/mol. The Morgan fingerprint density at radius 1 is 0.882 bits per heavy atom. The number of nitrogens with zero attached hydrogens (tertiary/aromatic N) is 3. The molecular weight excluding hydrogens is 646 g/mol. The maximum Gasteiger partial charge on any atom is 0.226 e. The van der Waals surface area contributed by atoms with E-state index >= 15 is 0 Å². The maximum absolute atomic E-state index is 14.2. The zero-order valence-corrected chi connectivity index (χ0v) is 33.0. The number of benzene rings is 1. The molecule has 0 bridgehead atoms. The smallest absolute Gasteiger partial charge is 0.226 e. The molecule has 2 saturated heterocycles. The lowest BCUT2D eigenvalue weighted by Gasteiger charge is -2.41. The van der Waals surface area contributed by atoms with E-state index in [1.54, 1.807) is 31.1 Å². The first kappa shape index (κ1) is 42.6. The first-order chi connectivity index (χ1) is 24.4. The average Bonchev–Trinajstić information content (AvgIpc) is 3.63. The summed E-state index contributed by atoms with van der Waals surface area (Å²) in [5.41, 5.74) is 1.23. The van der Waals surface area contributed by atoms with Crippen LogP contribution in [0.25, 0.3) is 0 Å². The molecule has 51 heavy (non-hydrogen) atoms. The van der Waals surface area contributed by atoms with E-state index in [0.29, 0.717) is 39.3 Å². The summed E-state index contributed by atoms with van der Waals surface area (Å²) in [4.78, 5) is 60.7. The number of likely N-dealkylation sites (N-methyl/N-ethyl adjacent to an activating group) is 1. The number of hydrogen-bond acceptors (Lipinski definition) is 7. The fourth-order valence-electron chi connectivity index (χ4n) is 8.12. The fraction of sp³-hybridized carbons (Fsp3) is 0.756. The van der Waals surface area contributed by atoms with Crippen LogP contribution in [0.4, 0.5) is 0 Å². The normalized spacial score (nSPS) is 20.7. The number of carbonyl (C=O) groups is 4. The molecule has 2 fully saturated rings. The number of methoxy groups -OCH3 is 2. The lowest BCUT2D eigenvalue weighted by Crippen LogP contribution is -2.54. The van der Waals surface area contributed by atoms with Gasteiger partial charge in [-0.25, -0.2) is 0 Å². The molecular formula is C41H67N3O7. The quantitative estimate of drug-likeness (QED) is 0.172. The number of likely N-dealkylation sites (tertiary alicyclic amines) is 1. The Labute approximate surface area is 307 Å². The second-order valence-electron chi connectivity index (χ2n) is 15.3. The standard InChI is InChI=1S/C41H67N3O7/c1-10-29(5)39(42(7)41(48)33(28(3)4)26-37(46)43-20-22-51-23-21-43)36(49-8)27-38(47)44-19-15-18-34(44)40(50-9)30(6)35(45)25-31(11-2)24-32-16-13-12-14-17-32/h12-14,16-17,28-31,33-34,36,39-40H,10-11,15,18-27H2,1-9H3/t29-,30-,31+,33-,34-,36+,39-,40+/m0/s1. The van der Waals surface area contributed by atoms with Crippen molar-refractivity contribution >= 4 is 23.5 Å². The van der Waals surface area contributed by atoms with Crippen LogP contribution in [0.1, 0.15) is 92.1 Å². The van der Waals surface area contributed by atoms with Crippen LogP contribution in [0.3, 0.4) is 0 Å². The van der Waals surface area contributed by atoms with Crippen LogP contribution in [-0.4, -0.2) is 117 Å². The first-order valence-corrected chi connectivity index (χ1v) is 19.4. The molecule has 0 unspecified atom stereocenters. The Kier molecular flexibility index (Phi) is 17.6. The lowest BCUT2D eigenvalue weighted by atomic mass is 9.84. The predicted octanol–water partition coefficient (Wildman–Crippen LogP) is 5.66. The van der Waals surface area contributed by atoms with Gasteiger partial charge in [-0.15, -0.1) is 0 Å². The van der Waals surface area contributed by atoms with Crippen LogP contribution >= 0.6 is 0 Å². The highest BCUT2D eigenvalue weighted by molar-refractivity contribution is 5.86. The minimum Gasteiger partial charge on any atom is -0.379 e. The number of ether oxygens (including phenoxy) is 3. The number of morpholine rings is 1. The molecule has 2 aliphatic rings. The summed E-state index contributed by atoms with van der Waals surface area (Å²) >= 11 is 0. The summed E-state index contributed by atoms with van der Waals surface area (Å²) in [6.45, 7) is 14.9. The predicted molar refractivity (Wildman–Crippen MR) is 200 cm³/mol. The van der Waals surface area contributed by atoms with E-state index in [1.807, 2.05) is 43.9 Å². The SMILES string of the molecule is CC[C@@H](CC(=O)[C@H](C)[C@@H](OC)[C@@H]1CCCN1C(=O)C[C@@H](OC)[C@H]([C@@H](C)CC)N(C)C(=O)[C@@H](CC(=O)N1CCOCC1)C(C)C)Cc1ccccc1. The molecule has 1 aromatic carbocycles. The van der Waals surface area contributed by atoms with Crippen molar-refractivity contribution in [1.82, 2.24) is 14.7 Å². The largest absolute Gasteiger partial charge is 0.379 e. The van der Waals surface area contributed by atoms with Crippen molar-refractivity contribution in [3.8, 4) is 0 Å². The maximum atomic E-state index is 14.2. The summed E-state index contributed by atoms with van der Waals surface area (Å²) in [5, 5.41) is 0. The molecule has 8 atom stereocenters. The monoisotopic (exact) mass is 713 g/mol. The van der Waals surface area contributed by atoms with Gasteiger partial charge in [0, 0.05) is 65.6 Å². The summed E-state index contributed by atoms with van der Waals surface area (Å²) in [6.07, 6.45) is 3.92. The van der Waals surface area contributed by atoms with E-state index < -0.39 is 18.1 Å². The Hall–Kier alpha value is -2.82. The second kappa shape index (κ2) is 21.0. The van der Waals surface area contributed by atoms with Crippen LogP contribution in [0, 0.1) is 29.6 Å². The molecule has 3 rings (SSSR count). The molecule has 288 valence electrons. The highest BCUT2D eigenvalue weighted by Crippen LogP contribution is 2.32. The fourth-order valence-corrected chi connectivity index (χ4v) is 8.12. The Bertz CT molecular complexity index is 1240. The van der Waals surface area contributed by atoms with Gasteiger partial charge in [0.25, 0.3) is 0 Å². The molecule has 10 nitrogen and oxygen atoms in total. The molecule has 2 aliphatic heterocycles. The third-order valence-corrected chi connectivity index (χ3v) is 11.7. The van der Waals surface area contributed by atoms with Gasteiger partial charge in [0.05, 0.1) is 43.9 Å². The Morgan fingerprint density at radius 2 is 1.55 bits per heavy atom. The van der Waals surface area contributed by atoms with Crippen LogP contribution in [-0.2, 0) is 39.8 Å². The highest BCUT2D eigenvalue weighted by Gasteiger charge is 2.43. The van der Waals surface area contributed by atoms with Crippen molar-refractivity contribution in [2.45, 2.75) is 117 Å². The van der Waals surface area contributed by atoms with E-state index in [2.05, 4.69) is 32.9 Å². The molecule has 10 heteroatoms. The van der Waals surface area contributed by atoms with Gasteiger partial charge in [-0.2, -0.15) is 0 Å². The van der Waals surface area contributed by atoms with Crippen molar-refractivity contribution in [1.29, 1.82) is 0 Å². The molecule has 0 radical (unpaired) electrons. The van der Waals surface area contributed by atoms with Crippen LogP contribution in [0.2, 0.25) is 0 Å². The van der Waals surface area contributed by atoms with E-state index in [-0.39, 0.29) is 72.1 Å². The molecule has 3 amide bonds. The number of carbonyl (C=O) groups excluding carboxylic acids is 4. The van der Waals surface area contributed by atoms with Crippen LogP contribution in [0.5, 0.6) is 0 Å². The number of ketones is 1. The van der Waals surface area contributed by atoms with E-state index in [4.69, 9.17) is 14.2 Å². The van der Waals surface area contributed by atoms with Crippen molar-refractivity contribution in [3.05, 3.63) is 35.9 Å². The first-order valence-electron chi connectivity index (χ1n) is 19.4. The van der Waals surface area contributed by atoms with Crippen molar-refractivity contribution in [2.75, 3.05) is 54.1 Å². The van der Waals surface area contributed by atoms with Crippen LogP contribution < -0.4 is 0 Å². The number of amides is 3. The lowest BCUT2D eigenvalue weighted by molar-refractivity contribution is -0.150. The topological polar surface area (TPSA) is 106 Å². The van der Waals surface area contributed by atoms with Crippen molar-refractivity contribution < 1.29 is 33.4 Å². The van der Waals surface area contributed by atoms with Crippen molar-refractivity contribution in [3.63, 3.8) is 0 Å². The van der Waals surface area contributed by atoms with Gasteiger partial charge in [0.1, 0.15) is 5.78 Å². The number of Topliss-reactive ketones (excluding diaryl/α,β-unsaturated/α-hetero) is 1. The van der Waals surface area contributed by atoms with Gasteiger partial charge >= 0.3 is 0 Å². The number of rotatable bonds is 20. The number of hydrogen-bond donors (Lipinski definition) is 0. The van der Waals surface area contributed by atoms with Gasteiger partial charge in [0.2, 0.25) is 17.7 Å². The van der Waals surface area contributed by atoms with E-state index in [9.17, 15) is 19.2 Å². The third-order valence-electron chi connectivity index (χ3n) is 11.7. The molecule has 0 N–H and O–H groups in total. The highest BCUT2D eigenvalue weighted by atomic mass is 16.5. The Morgan fingerprint density at radius 3 is 2.12 bits per heavy atom. The molecule has 0 aromatic heterocycles. The second-order valence-corrected chi connectivity index (χ2v) is 15.3. The summed E-state index contributed by atoms with van der Waals surface area (Å²) in [5.74, 6) is -0.628. The summed E-state index contributed by atoms with van der Waals surface area (Å²) < 4.78 is 17.5. The van der Waals surface area contributed by atoms with E-state index in [0.717, 1.165) is 32.1 Å². The van der Waals surface area contributed by atoms with Gasteiger partial charge in [0.15, 0.2) is 0 Å². The summed E-state index contributed by atoms with van der Waals surface area (Å²) in [7, 11) is 5.04. The minimum absolute atomic E-state index is 0.0285.